The predicted octanol–water partition coefficient (Wildman–Crippen LogP) is 4.94. The highest BCUT2D eigenvalue weighted by Gasteiger charge is 2.41. The summed E-state index contributed by atoms with van der Waals surface area (Å²) in [4.78, 5) is 0. The van der Waals surface area contributed by atoms with Gasteiger partial charge in [-0.3, -0.25) is 0 Å². The zero-order chi connectivity index (χ0) is 15.4. The number of hydrogen-bond donors (Lipinski definition) is 0. The first-order chi connectivity index (χ1) is 9.25. The van der Waals surface area contributed by atoms with Crippen molar-refractivity contribution in [2.75, 3.05) is 0 Å². The van der Waals surface area contributed by atoms with Gasteiger partial charge in [-0.15, -0.1) is 0 Å². The van der Waals surface area contributed by atoms with Crippen LogP contribution in [0.15, 0.2) is 30.3 Å². The highest BCUT2D eigenvalue weighted by molar-refractivity contribution is 6.88. The molecule has 1 rings (SSSR count). The van der Waals surface area contributed by atoms with E-state index in [1.54, 1.807) is 0 Å². The Hall–Kier alpha value is -0.386. The second-order valence-electron chi connectivity index (χ2n) is 7.16. The van der Waals surface area contributed by atoms with Crippen molar-refractivity contribution in [3.63, 3.8) is 0 Å². The molecule has 1 nitrogen and oxygen atoms in total. The molecule has 114 valence electrons. The molecule has 3 heteroatoms. The first-order valence-electron chi connectivity index (χ1n) is 7.99. The van der Waals surface area contributed by atoms with Gasteiger partial charge in [0.25, 0.3) is 0 Å². The third kappa shape index (κ3) is 4.06. The Balaban J connectivity index is 3.13. The fourth-order valence-electron chi connectivity index (χ4n) is 2.80. The van der Waals surface area contributed by atoms with Gasteiger partial charge < -0.3 is 4.43 Å². The summed E-state index contributed by atoms with van der Waals surface area (Å²) in [5.41, 5.74) is 1.11. The van der Waals surface area contributed by atoms with Crippen LogP contribution in [0.2, 0.25) is 31.7 Å². The summed E-state index contributed by atoms with van der Waals surface area (Å²) in [5, 5.41) is 1.45. The summed E-state index contributed by atoms with van der Waals surface area (Å²) >= 11 is 0. The van der Waals surface area contributed by atoms with Crippen LogP contribution >= 0.6 is 0 Å². The van der Waals surface area contributed by atoms with Crippen molar-refractivity contribution in [1.29, 1.82) is 0 Å². The van der Waals surface area contributed by atoms with Crippen LogP contribution in [0.3, 0.4) is 0 Å². The lowest BCUT2D eigenvalue weighted by atomic mass is 10.4. The first-order valence-corrected chi connectivity index (χ1v) is 14.0. The molecule has 20 heavy (non-hydrogen) atoms. The van der Waals surface area contributed by atoms with Crippen LogP contribution in [0.4, 0.5) is 0 Å². The highest BCUT2D eigenvalue weighted by Crippen LogP contribution is 2.30. The van der Waals surface area contributed by atoms with Gasteiger partial charge in [-0.05, 0) is 23.7 Å². The van der Waals surface area contributed by atoms with E-state index in [2.05, 4.69) is 77.3 Å². The molecule has 3 unspecified atom stereocenters. The van der Waals surface area contributed by atoms with Crippen LogP contribution in [0.25, 0.3) is 0 Å². The van der Waals surface area contributed by atoms with Gasteiger partial charge in [0.2, 0.25) is 8.32 Å². The third-order valence-electron chi connectivity index (χ3n) is 4.62. The molecule has 1 aromatic carbocycles. The molecule has 0 radical (unpaired) electrons. The molecule has 1 aromatic rings. The van der Waals surface area contributed by atoms with Crippen molar-refractivity contribution in [3.8, 4) is 0 Å². The Kier molecular flexibility index (Phi) is 6.23. The fraction of sp³-hybridized carbons (Fsp3) is 0.647. The van der Waals surface area contributed by atoms with Gasteiger partial charge in [0.1, 0.15) is 0 Å². The Morgan fingerprint density at radius 2 is 1.50 bits per heavy atom. The Morgan fingerprint density at radius 1 is 0.950 bits per heavy atom. The van der Waals surface area contributed by atoms with Gasteiger partial charge in [0.15, 0.2) is 0 Å². The van der Waals surface area contributed by atoms with E-state index < -0.39 is 16.4 Å². The maximum atomic E-state index is 6.89. The Morgan fingerprint density at radius 3 is 1.90 bits per heavy atom. The normalized spacial score (nSPS) is 18.4. The lowest BCUT2D eigenvalue weighted by Gasteiger charge is -2.41. The largest absolute Gasteiger partial charge is 0.413 e. The van der Waals surface area contributed by atoms with Gasteiger partial charge in [0, 0.05) is 5.73 Å². The van der Waals surface area contributed by atoms with E-state index in [9.17, 15) is 0 Å². The molecule has 0 aliphatic rings. The zero-order valence-corrected chi connectivity index (χ0v) is 16.4. The smallest absolute Gasteiger partial charge is 0.223 e. The average Bonchev–Trinajstić information content (AvgIpc) is 2.43. The van der Waals surface area contributed by atoms with E-state index in [0.717, 1.165) is 6.42 Å². The van der Waals surface area contributed by atoms with Crippen LogP contribution in [-0.2, 0) is 4.43 Å². The average molecular weight is 309 g/mol. The third-order valence-corrected chi connectivity index (χ3v) is 11.9. The molecule has 0 fully saturated rings. The molecule has 0 spiro atoms. The molecular weight excluding hydrogens is 276 g/mol. The fourth-order valence-corrected chi connectivity index (χ4v) is 9.50. The SMILES string of the molecule is CCC(O[Si](C)(c1ccccc1)C(C)CC)[Si](C)(C)C. The summed E-state index contributed by atoms with van der Waals surface area (Å²) in [6.07, 6.45) is 2.33. The van der Waals surface area contributed by atoms with Crippen molar-refractivity contribution in [3.05, 3.63) is 30.3 Å². The van der Waals surface area contributed by atoms with Gasteiger partial charge in [-0.2, -0.15) is 0 Å². The summed E-state index contributed by atoms with van der Waals surface area (Å²) in [5.74, 6) is 0. The minimum Gasteiger partial charge on any atom is -0.413 e. The summed E-state index contributed by atoms with van der Waals surface area (Å²) in [6, 6.07) is 11.0. The van der Waals surface area contributed by atoms with Gasteiger partial charge >= 0.3 is 0 Å². The lowest BCUT2D eigenvalue weighted by molar-refractivity contribution is 0.251. The summed E-state index contributed by atoms with van der Waals surface area (Å²) in [7, 11) is -3.16. The van der Waals surface area contributed by atoms with E-state index in [-0.39, 0.29) is 0 Å². The van der Waals surface area contributed by atoms with Crippen molar-refractivity contribution in [2.45, 2.75) is 71.1 Å². The van der Waals surface area contributed by atoms with Crippen molar-refractivity contribution in [1.82, 2.24) is 0 Å². The first kappa shape index (κ1) is 17.7. The van der Waals surface area contributed by atoms with Crippen LogP contribution in [0, 0.1) is 0 Å². The minimum absolute atomic E-state index is 0.466. The lowest BCUT2D eigenvalue weighted by Crippen LogP contribution is -2.57. The summed E-state index contributed by atoms with van der Waals surface area (Å²) in [6.45, 7) is 16.6. The van der Waals surface area contributed by atoms with Crippen LogP contribution in [0.5, 0.6) is 0 Å². The molecule has 0 amide bonds. The number of rotatable bonds is 7. The Labute approximate surface area is 127 Å². The van der Waals surface area contributed by atoms with Crippen LogP contribution in [0.1, 0.15) is 33.6 Å². The van der Waals surface area contributed by atoms with Crippen LogP contribution in [-0.4, -0.2) is 22.1 Å². The second kappa shape index (κ2) is 7.05. The number of hydrogen-bond acceptors (Lipinski definition) is 1. The van der Waals surface area contributed by atoms with E-state index in [0.29, 0.717) is 11.3 Å². The predicted molar refractivity (Wildman–Crippen MR) is 95.9 cm³/mol. The van der Waals surface area contributed by atoms with E-state index in [1.807, 2.05) is 0 Å². The molecule has 0 saturated carbocycles. The molecule has 3 atom stereocenters. The van der Waals surface area contributed by atoms with Gasteiger partial charge in [-0.1, -0.05) is 77.2 Å². The van der Waals surface area contributed by atoms with E-state index in [4.69, 9.17) is 4.43 Å². The molecule has 0 aliphatic carbocycles. The quantitative estimate of drug-likeness (QED) is 0.648. The number of benzene rings is 1. The molecule has 0 saturated heterocycles. The van der Waals surface area contributed by atoms with E-state index >= 15 is 0 Å². The summed E-state index contributed by atoms with van der Waals surface area (Å²) < 4.78 is 6.89. The van der Waals surface area contributed by atoms with Crippen molar-refractivity contribution in [2.24, 2.45) is 0 Å². The van der Waals surface area contributed by atoms with E-state index in [1.165, 1.54) is 11.6 Å². The molecule has 0 N–H and O–H groups in total. The van der Waals surface area contributed by atoms with Crippen LogP contribution < -0.4 is 5.19 Å². The monoisotopic (exact) mass is 308 g/mol. The minimum atomic E-state index is -1.89. The molecule has 0 heterocycles. The standard InChI is InChI=1S/C17H32OSi2/c1-8-15(3)20(7,16-13-11-10-12-14-16)18-17(9-2)19(4,5)6/h10-15,17H,8-9H2,1-7H3. The van der Waals surface area contributed by atoms with Gasteiger partial charge in [0.05, 0.1) is 8.07 Å². The van der Waals surface area contributed by atoms with Gasteiger partial charge in [-0.25, -0.2) is 0 Å². The Bertz CT molecular complexity index is 399. The molecule has 0 aromatic heterocycles. The maximum Gasteiger partial charge on any atom is 0.223 e. The van der Waals surface area contributed by atoms with Crippen molar-refractivity contribution < 1.29 is 4.43 Å². The topological polar surface area (TPSA) is 9.23 Å². The maximum absolute atomic E-state index is 6.89. The second-order valence-corrected chi connectivity index (χ2v) is 16.6. The zero-order valence-electron chi connectivity index (χ0n) is 14.4. The highest BCUT2D eigenvalue weighted by atomic mass is 28.4. The molecule has 0 aliphatic heterocycles. The molecule has 0 bridgehead atoms. The van der Waals surface area contributed by atoms with Crippen molar-refractivity contribution >= 4 is 21.6 Å². The molecular formula is C17H32OSi2.